The average molecular weight is 468 g/mol. The van der Waals surface area contributed by atoms with Crippen molar-refractivity contribution in [2.24, 2.45) is 4.99 Å². The number of halogens is 2. The van der Waals surface area contributed by atoms with E-state index >= 15 is 0 Å². The van der Waals surface area contributed by atoms with Gasteiger partial charge in [-0.1, -0.05) is 12.1 Å². The van der Waals surface area contributed by atoms with E-state index in [1.165, 1.54) is 6.07 Å². The summed E-state index contributed by atoms with van der Waals surface area (Å²) in [5.41, 5.74) is 0.947. The number of hydrogen-bond acceptors (Lipinski definition) is 3. The van der Waals surface area contributed by atoms with Crippen LogP contribution in [0.15, 0.2) is 29.3 Å². The van der Waals surface area contributed by atoms with E-state index in [1.54, 1.807) is 19.2 Å². The minimum absolute atomic E-state index is 0. The summed E-state index contributed by atoms with van der Waals surface area (Å²) < 4.78 is 13.6. The van der Waals surface area contributed by atoms with Gasteiger partial charge in [-0.25, -0.2) is 4.39 Å². The third kappa shape index (κ3) is 8.02. The number of likely N-dealkylation sites (N-methyl/N-ethyl adjacent to an activating group) is 1. The summed E-state index contributed by atoms with van der Waals surface area (Å²) in [6, 6.07) is 6.81. The number of guanidine groups is 1. The van der Waals surface area contributed by atoms with Gasteiger partial charge >= 0.3 is 0 Å². The second-order valence-corrected chi connectivity index (χ2v) is 7.82. The highest BCUT2D eigenvalue weighted by molar-refractivity contribution is 14.0. The van der Waals surface area contributed by atoms with E-state index in [0.29, 0.717) is 6.54 Å². The first-order valence-electron chi connectivity index (χ1n) is 7.70. The van der Waals surface area contributed by atoms with Crippen LogP contribution in [0.3, 0.4) is 0 Å². The van der Waals surface area contributed by atoms with Crippen LogP contribution in [0.1, 0.15) is 25.5 Å². The molecular formula is C17H30FIN4S. The molecule has 0 heterocycles. The Morgan fingerprint density at radius 2 is 2.00 bits per heavy atom. The van der Waals surface area contributed by atoms with Gasteiger partial charge < -0.3 is 15.5 Å². The molecule has 2 N–H and O–H groups in total. The molecule has 0 amide bonds. The number of nitrogens with one attached hydrogen (secondary N) is 2. The molecule has 0 fully saturated rings. The van der Waals surface area contributed by atoms with Gasteiger partial charge in [-0.2, -0.15) is 11.8 Å². The lowest BCUT2D eigenvalue weighted by Crippen LogP contribution is -2.45. The fraction of sp³-hybridized carbons (Fsp3) is 0.588. The third-order valence-electron chi connectivity index (χ3n) is 3.78. The molecule has 0 aliphatic rings. The Kier molecular flexibility index (Phi) is 10.9. The highest BCUT2D eigenvalue weighted by atomic mass is 127. The standard InChI is InChI=1S/C17H29FN4S.HI/c1-17(2,23-6)12-21-16(19-3)20-11-15(22(4)5)13-8-7-9-14(18)10-13;/h7-10,15H,11-12H2,1-6H3,(H2,19,20,21);1H. The van der Waals surface area contributed by atoms with Crippen molar-refractivity contribution in [3.05, 3.63) is 35.6 Å². The highest BCUT2D eigenvalue weighted by Crippen LogP contribution is 2.20. The first-order valence-corrected chi connectivity index (χ1v) is 8.93. The molecule has 0 aromatic heterocycles. The molecule has 1 rings (SSSR count). The summed E-state index contributed by atoms with van der Waals surface area (Å²) in [5, 5.41) is 6.67. The van der Waals surface area contributed by atoms with Crippen LogP contribution in [0.2, 0.25) is 0 Å². The Balaban J connectivity index is 0.00000529. The number of thioether (sulfide) groups is 1. The van der Waals surface area contributed by atoms with E-state index < -0.39 is 0 Å². The summed E-state index contributed by atoms with van der Waals surface area (Å²) in [6.07, 6.45) is 2.10. The summed E-state index contributed by atoms with van der Waals surface area (Å²) in [6.45, 7) is 5.84. The van der Waals surface area contributed by atoms with Gasteiger partial charge in [-0.15, -0.1) is 24.0 Å². The first-order chi connectivity index (χ1) is 10.8. The molecule has 138 valence electrons. The van der Waals surface area contributed by atoms with Gasteiger partial charge in [0.2, 0.25) is 0 Å². The van der Waals surface area contributed by atoms with E-state index in [9.17, 15) is 4.39 Å². The van der Waals surface area contributed by atoms with E-state index in [1.807, 2.05) is 31.9 Å². The van der Waals surface area contributed by atoms with Crippen LogP contribution < -0.4 is 10.6 Å². The molecule has 0 aliphatic carbocycles. The van der Waals surface area contributed by atoms with E-state index in [-0.39, 0.29) is 40.6 Å². The Hall–Kier alpha value is -0.540. The van der Waals surface area contributed by atoms with E-state index in [2.05, 4.69) is 40.6 Å². The topological polar surface area (TPSA) is 39.7 Å². The molecule has 0 aliphatic heterocycles. The SMILES string of the molecule is CN=C(NCC(c1cccc(F)c1)N(C)C)NCC(C)(C)SC.I. The summed E-state index contributed by atoms with van der Waals surface area (Å²) in [4.78, 5) is 6.33. The lowest BCUT2D eigenvalue weighted by Gasteiger charge is -2.27. The Labute approximate surface area is 167 Å². The maximum absolute atomic E-state index is 13.5. The number of rotatable bonds is 7. The van der Waals surface area contributed by atoms with Crippen LogP contribution in [0.25, 0.3) is 0 Å². The van der Waals surface area contributed by atoms with Crippen LogP contribution in [-0.4, -0.2) is 56.1 Å². The van der Waals surface area contributed by atoms with Crippen LogP contribution in [-0.2, 0) is 0 Å². The minimum Gasteiger partial charge on any atom is -0.355 e. The predicted octanol–water partition coefficient (Wildman–Crippen LogP) is 3.35. The van der Waals surface area contributed by atoms with Gasteiger partial charge in [-0.3, -0.25) is 4.99 Å². The first kappa shape index (κ1) is 23.5. The van der Waals surface area contributed by atoms with Crippen molar-refractivity contribution in [2.75, 3.05) is 40.5 Å². The van der Waals surface area contributed by atoms with Crippen molar-refractivity contribution < 1.29 is 4.39 Å². The monoisotopic (exact) mass is 468 g/mol. The molecule has 7 heteroatoms. The van der Waals surface area contributed by atoms with Gasteiger partial charge in [0.15, 0.2) is 5.96 Å². The molecule has 1 unspecified atom stereocenters. The number of benzene rings is 1. The molecule has 0 spiro atoms. The highest BCUT2D eigenvalue weighted by Gasteiger charge is 2.18. The second-order valence-electron chi connectivity index (χ2n) is 6.30. The van der Waals surface area contributed by atoms with Gasteiger partial charge in [0, 0.05) is 24.9 Å². The third-order valence-corrected chi connectivity index (χ3v) is 5.03. The Morgan fingerprint density at radius 3 is 2.50 bits per heavy atom. The molecule has 24 heavy (non-hydrogen) atoms. The van der Waals surface area contributed by atoms with Crippen molar-refractivity contribution in [3.63, 3.8) is 0 Å². The smallest absolute Gasteiger partial charge is 0.191 e. The number of nitrogens with zero attached hydrogens (tertiary/aromatic N) is 2. The summed E-state index contributed by atoms with van der Waals surface area (Å²) >= 11 is 1.81. The largest absolute Gasteiger partial charge is 0.355 e. The van der Waals surface area contributed by atoms with Crippen molar-refractivity contribution in [3.8, 4) is 0 Å². The van der Waals surface area contributed by atoms with Crippen LogP contribution in [0, 0.1) is 5.82 Å². The second kappa shape index (κ2) is 11.1. The zero-order valence-corrected chi connectivity index (χ0v) is 18.5. The predicted molar refractivity (Wildman–Crippen MR) is 115 cm³/mol. The molecule has 0 saturated heterocycles. The van der Waals surface area contributed by atoms with Gasteiger partial charge in [-0.05, 0) is 51.9 Å². The molecule has 0 saturated carbocycles. The lowest BCUT2D eigenvalue weighted by molar-refractivity contribution is 0.297. The molecule has 1 aromatic carbocycles. The summed E-state index contributed by atoms with van der Waals surface area (Å²) in [7, 11) is 5.74. The van der Waals surface area contributed by atoms with E-state index in [0.717, 1.165) is 18.1 Å². The van der Waals surface area contributed by atoms with Crippen LogP contribution in [0.5, 0.6) is 0 Å². The quantitative estimate of drug-likeness (QED) is 0.366. The van der Waals surface area contributed by atoms with Crippen molar-refractivity contribution >= 4 is 41.7 Å². The Bertz CT molecular complexity index is 523. The van der Waals surface area contributed by atoms with Crippen molar-refractivity contribution in [2.45, 2.75) is 24.6 Å². The Morgan fingerprint density at radius 1 is 1.33 bits per heavy atom. The zero-order valence-electron chi connectivity index (χ0n) is 15.4. The fourth-order valence-corrected chi connectivity index (χ4v) is 2.31. The molecule has 1 aromatic rings. The van der Waals surface area contributed by atoms with Gasteiger partial charge in [0.1, 0.15) is 5.82 Å². The fourth-order valence-electron chi connectivity index (χ4n) is 2.10. The zero-order chi connectivity index (χ0) is 17.5. The van der Waals surface area contributed by atoms with Crippen LogP contribution >= 0.6 is 35.7 Å². The molecule has 4 nitrogen and oxygen atoms in total. The van der Waals surface area contributed by atoms with E-state index in [4.69, 9.17) is 0 Å². The lowest BCUT2D eigenvalue weighted by atomic mass is 10.1. The number of aliphatic imine (C=N–C) groups is 1. The van der Waals surface area contributed by atoms with Crippen LogP contribution in [0.4, 0.5) is 4.39 Å². The van der Waals surface area contributed by atoms with Gasteiger partial charge in [0.05, 0.1) is 6.04 Å². The number of hydrogen-bond donors (Lipinski definition) is 2. The molecule has 0 bridgehead atoms. The average Bonchev–Trinajstić information content (AvgIpc) is 2.50. The molecule has 1 atom stereocenters. The van der Waals surface area contributed by atoms with Crippen molar-refractivity contribution in [1.82, 2.24) is 15.5 Å². The van der Waals surface area contributed by atoms with Crippen molar-refractivity contribution in [1.29, 1.82) is 0 Å². The molecular weight excluding hydrogens is 438 g/mol. The maximum Gasteiger partial charge on any atom is 0.191 e. The molecule has 0 radical (unpaired) electrons. The minimum atomic E-state index is -0.210. The maximum atomic E-state index is 13.5. The summed E-state index contributed by atoms with van der Waals surface area (Å²) in [5.74, 6) is 0.550. The van der Waals surface area contributed by atoms with Gasteiger partial charge in [0.25, 0.3) is 0 Å². The normalized spacial score (nSPS) is 13.4.